The van der Waals surface area contributed by atoms with Gasteiger partial charge in [-0.25, -0.2) is 4.79 Å². The molecule has 1 N–H and O–H groups in total. The highest BCUT2D eigenvalue weighted by Gasteiger charge is 2.38. The number of hydrogen-bond acceptors (Lipinski definition) is 2. The number of carbonyl (C=O) groups is 1. The molecule has 0 aliphatic carbocycles. The molecule has 4 heteroatoms. The molecule has 0 aromatic rings. The minimum atomic E-state index is -0.875. The van der Waals surface area contributed by atoms with Crippen molar-refractivity contribution in [3.63, 3.8) is 0 Å². The number of nitriles is 1. The van der Waals surface area contributed by atoms with E-state index < -0.39 is 6.09 Å². The molecule has 1 aliphatic rings. The van der Waals surface area contributed by atoms with Crippen molar-refractivity contribution in [3.8, 4) is 6.07 Å². The zero-order valence-corrected chi connectivity index (χ0v) is 8.66. The molecule has 4 nitrogen and oxygen atoms in total. The maximum Gasteiger partial charge on any atom is 0.407 e. The van der Waals surface area contributed by atoms with Crippen molar-refractivity contribution in [1.82, 2.24) is 4.90 Å². The first-order valence-electron chi connectivity index (χ1n) is 4.91. The highest BCUT2D eigenvalue weighted by molar-refractivity contribution is 5.65. The van der Waals surface area contributed by atoms with Crippen LogP contribution in [0.1, 0.15) is 26.7 Å². The van der Waals surface area contributed by atoms with Crippen molar-refractivity contribution in [2.24, 2.45) is 11.3 Å². The van der Waals surface area contributed by atoms with Gasteiger partial charge in [0, 0.05) is 13.1 Å². The molecule has 14 heavy (non-hydrogen) atoms. The van der Waals surface area contributed by atoms with Gasteiger partial charge in [0.1, 0.15) is 0 Å². The number of hydrogen-bond donors (Lipinski definition) is 1. The monoisotopic (exact) mass is 196 g/mol. The first-order chi connectivity index (χ1) is 6.52. The molecule has 1 amide bonds. The minimum absolute atomic E-state index is 0.295. The number of carboxylic acid groups (broad SMARTS) is 1. The van der Waals surface area contributed by atoms with Crippen molar-refractivity contribution in [2.45, 2.75) is 26.7 Å². The van der Waals surface area contributed by atoms with Gasteiger partial charge in [-0.05, 0) is 18.8 Å². The van der Waals surface area contributed by atoms with Gasteiger partial charge in [0.05, 0.1) is 11.5 Å². The van der Waals surface area contributed by atoms with Crippen LogP contribution in [-0.2, 0) is 0 Å². The highest BCUT2D eigenvalue weighted by Crippen LogP contribution is 2.37. The minimum Gasteiger partial charge on any atom is -0.465 e. The summed E-state index contributed by atoms with van der Waals surface area (Å²) in [5.41, 5.74) is -0.314. The van der Waals surface area contributed by atoms with Crippen LogP contribution in [0.15, 0.2) is 0 Å². The first kappa shape index (κ1) is 10.8. The molecule has 1 aliphatic heterocycles. The van der Waals surface area contributed by atoms with Crippen molar-refractivity contribution >= 4 is 6.09 Å². The summed E-state index contributed by atoms with van der Waals surface area (Å²) in [6.07, 6.45) is 0.446. The van der Waals surface area contributed by atoms with Crippen molar-refractivity contribution < 1.29 is 9.90 Å². The third-order valence-corrected chi connectivity index (χ3v) is 3.25. The van der Waals surface area contributed by atoms with Crippen LogP contribution in [0.4, 0.5) is 4.79 Å². The molecule has 1 saturated heterocycles. The van der Waals surface area contributed by atoms with Gasteiger partial charge < -0.3 is 10.0 Å². The zero-order valence-electron chi connectivity index (χ0n) is 8.66. The van der Waals surface area contributed by atoms with Crippen molar-refractivity contribution in [1.29, 1.82) is 5.26 Å². The van der Waals surface area contributed by atoms with Crippen LogP contribution in [0, 0.1) is 22.7 Å². The SMILES string of the molecule is CC(C)C1(C#N)CCN(C(=O)O)CC1. The highest BCUT2D eigenvalue weighted by atomic mass is 16.4. The van der Waals surface area contributed by atoms with Gasteiger partial charge in [-0.15, -0.1) is 0 Å². The summed E-state index contributed by atoms with van der Waals surface area (Å²) in [5.74, 6) is 0.295. The smallest absolute Gasteiger partial charge is 0.407 e. The molecule has 1 rings (SSSR count). The summed E-state index contributed by atoms with van der Waals surface area (Å²) in [7, 11) is 0. The summed E-state index contributed by atoms with van der Waals surface area (Å²) in [6.45, 7) is 5.03. The molecular formula is C10H16N2O2. The Kier molecular flexibility index (Phi) is 3.00. The van der Waals surface area contributed by atoms with Crippen LogP contribution in [0.25, 0.3) is 0 Å². The molecule has 0 radical (unpaired) electrons. The van der Waals surface area contributed by atoms with Crippen LogP contribution in [-0.4, -0.2) is 29.2 Å². The summed E-state index contributed by atoms with van der Waals surface area (Å²) in [4.78, 5) is 12.1. The largest absolute Gasteiger partial charge is 0.465 e. The van der Waals surface area contributed by atoms with E-state index in [0.717, 1.165) is 0 Å². The average molecular weight is 196 g/mol. The lowest BCUT2D eigenvalue weighted by atomic mass is 9.71. The topological polar surface area (TPSA) is 64.3 Å². The van der Waals surface area contributed by atoms with Crippen molar-refractivity contribution in [2.75, 3.05) is 13.1 Å². The van der Waals surface area contributed by atoms with E-state index in [2.05, 4.69) is 6.07 Å². The summed E-state index contributed by atoms with van der Waals surface area (Å²) < 4.78 is 0. The second-order valence-corrected chi connectivity index (χ2v) is 4.19. The Morgan fingerprint density at radius 2 is 2.00 bits per heavy atom. The van der Waals surface area contributed by atoms with Crippen molar-refractivity contribution in [3.05, 3.63) is 0 Å². The lowest BCUT2D eigenvalue weighted by Gasteiger charge is -2.38. The van der Waals surface area contributed by atoms with E-state index in [0.29, 0.717) is 31.8 Å². The van der Waals surface area contributed by atoms with Gasteiger partial charge in [-0.2, -0.15) is 5.26 Å². The lowest BCUT2D eigenvalue weighted by Crippen LogP contribution is -2.44. The molecular weight excluding hydrogens is 180 g/mol. The number of rotatable bonds is 1. The summed E-state index contributed by atoms with van der Waals surface area (Å²) >= 11 is 0. The molecule has 1 fully saturated rings. The Balaban J connectivity index is 2.65. The van der Waals surface area contributed by atoms with Crippen LogP contribution in [0.2, 0.25) is 0 Å². The van der Waals surface area contributed by atoms with E-state index in [1.807, 2.05) is 13.8 Å². The summed E-state index contributed by atoms with van der Waals surface area (Å²) in [5, 5.41) is 17.9. The van der Waals surface area contributed by atoms with E-state index in [1.54, 1.807) is 0 Å². The molecule has 0 atom stereocenters. The molecule has 0 bridgehead atoms. The quantitative estimate of drug-likeness (QED) is 0.696. The Hall–Kier alpha value is -1.24. The molecule has 78 valence electrons. The van der Waals surface area contributed by atoms with Gasteiger partial charge >= 0.3 is 6.09 Å². The third kappa shape index (κ3) is 1.82. The predicted molar refractivity (Wildman–Crippen MR) is 51.7 cm³/mol. The molecule has 0 aromatic carbocycles. The van der Waals surface area contributed by atoms with Gasteiger partial charge in [0.25, 0.3) is 0 Å². The first-order valence-corrected chi connectivity index (χ1v) is 4.91. The Morgan fingerprint density at radius 1 is 1.50 bits per heavy atom. The Morgan fingerprint density at radius 3 is 2.29 bits per heavy atom. The van der Waals surface area contributed by atoms with Crippen LogP contribution in [0.3, 0.4) is 0 Å². The number of piperidine rings is 1. The van der Waals surface area contributed by atoms with E-state index in [9.17, 15) is 4.79 Å². The number of nitrogens with zero attached hydrogens (tertiary/aromatic N) is 2. The second kappa shape index (κ2) is 3.87. The molecule has 0 saturated carbocycles. The Bertz CT molecular complexity index is 260. The zero-order chi connectivity index (χ0) is 10.8. The van der Waals surface area contributed by atoms with E-state index in [1.165, 1.54) is 4.90 Å². The maximum atomic E-state index is 10.7. The van der Waals surface area contributed by atoms with Gasteiger partial charge in [0.15, 0.2) is 0 Å². The molecule has 0 aromatic heterocycles. The predicted octanol–water partition coefficient (Wildman–Crippen LogP) is 1.93. The van der Waals surface area contributed by atoms with E-state index >= 15 is 0 Å². The standard InChI is InChI=1S/C10H16N2O2/c1-8(2)10(7-11)3-5-12(6-4-10)9(13)14/h8H,3-6H2,1-2H3,(H,13,14). The van der Waals surface area contributed by atoms with Crippen LogP contribution >= 0.6 is 0 Å². The fraction of sp³-hybridized carbons (Fsp3) is 0.800. The second-order valence-electron chi connectivity index (χ2n) is 4.19. The van der Waals surface area contributed by atoms with Crippen LogP contribution in [0.5, 0.6) is 0 Å². The fourth-order valence-electron chi connectivity index (χ4n) is 1.92. The Labute approximate surface area is 84.1 Å². The van der Waals surface area contributed by atoms with Gasteiger partial charge in [0.2, 0.25) is 0 Å². The molecule has 1 heterocycles. The number of amides is 1. The summed E-state index contributed by atoms with van der Waals surface area (Å²) in [6, 6.07) is 2.36. The lowest BCUT2D eigenvalue weighted by molar-refractivity contribution is 0.0925. The molecule has 0 unspecified atom stereocenters. The van der Waals surface area contributed by atoms with E-state index in [-0.39, 0.29) is 5.41 Å². The normalized spacial score (nSPS) is 20.6. The van der Waals surface area contributed by atoms with Gasteiger partial charge in [-0.3, -0.25) is 0 Å². The van der Waals surface area contributed by atoms with Crippen LogP contribution < -0.4 is 0 Å². The molecule has 0 spiro atoms. The van der Waals surface area contributed by atoms with E-state index in [4.69, 9.17) is 10.4 Å². The average Bonchev–Trinajstić information content (AvgIpc) is 2.17. The fourth-order valence-corrected chi connectivity index (χ4v) is 1.92. The maximum absolute atomic E-state index is 10.7. The number of likely N-dealkylation sites (tertiary alicyclic amines) is 1. The van der Waals surface area contributed by atoms with Gasteiger partial charge in [-0.1, -0.05) is 13.8 Å². The third-order valence-electron chi connectivity index (χ3n) is 3.25.